The van der Waals surface area contributed by atoms with Gasteiger partial charge in [-0.3, -0.25) is 10.1 Å². The molecule has 0 saturated carbocycles. The zero-order chi connectivity index (χ0) is 17.9. The fourth-order valence-corrected chi connectivity index (χ4v) is 3.71. The number of nitriles is 1. The Morgan fingerprint density at radius 2 is 2.15 bits per heavy atom. The number of amides is 1. The van der Waals surface area contributed by atoms with Crippen molar-refractivity contribution in [3.63, 3.8) is 0 Å². The number of aromatic nitrogens is 2. The topological polar surface area (TPSA) is 91.8 Å². The summed E-state index contributed by atoms with van der Waals surface area (Å²) in [6, 6.07) is 13.2. The van der Waals surface area contributed by atoms with Crippen molar-refractivity contribution in [3.05, 3.63) is 59.3 Å². The molecule has 0 fully saturated rings. The van der Waals surface area contributed by atoms with Crippen LogP contribution in [0.3, 0.4) is 0 Å². The number of hydrogen-bond donors (Lipinski definition) is 1. The monoisotopic (exact) mass is 378 g/mol. The molecule has 8 heteroatoms. The molecule has 0 bridgehead atoms. The van der Waals surface area contributed by atoms with Gasteiger partial charge in [0.2, 0.25) is 0 Å². The van der Waals surface area contributed by atoms with Crippen molar-refractivity contribution in [3.8, 4) is 16.8 Å². The predicted octanol–water partition coefficient (Wildman–Crippen LogP) is 4.56. The number of thiazole rings is 2. The van der Waals surface area contributed by atoms with Crippen LogP contribution in [0.1, 0.15) is 5.76 Å². The second-order valence-corrected chi connectivity index (χ2v) is 7.08. The van der Waals surface area contributed by atoms with E-state index < -0.39 is 5.91 Å². The van der Waals surface area contributed by atoms with Gasteiger partial charge in [-0.15, -0.1) is 22.7 Å². The van der Waals surface area contributed by atoms with Crippen molar-refractivity contribution in [2.24, 2.45) is 0 Å². The van der Waals surface area contributed by atoms with Gasteiger partial charge in [0.1, 0.15) is 17.4 Å². The average molecular weight is 378 g/mol. The number of nitrogens with one attached hydrogen (secondary N) is 1. The highest BCUT2D eigenvalue weighted by Gasteiger charge is 2.14. The van der Waals surface area contributed by atoms with E-state index in [2.05, 4.69) is 15.3 Å². The summed E-state index contributed by atoms with van der Waals surface area (Å²) in [5.74, 6) is 0.473. The summed E-state index contributed by atoms with van der Waals surface area (Å²) in [7, 11) is 0. The fraction of sp³-hybridized carbons (Fsp3) is 0. The van der Waals surface area contributed by atoms with E-state index in [1.807, 2.05) is 30.3 Å². The SMILES string of the molecule is N#C/C(=C\c1ccc(-c2nc3ccccc3s2)o1)C(=O)Nc1nccs1. The van der Waals surface area contributed by atoms with Gasteiger partial charge in [-0.05, 0) is 24.3 Å². The number of nitrogens with zero attached hydrogens (tertiary/aromatic N) is 3. The highest BCUT2D eigenvalue weighted by Crippen LogP contribution is 2.31. The number of para-hydroxylation sites is 1. The Balaban J connectivity index is 1.59. The number of benzene rings is 1. The zero-order valence-corrected chi connectivity index (χ0v) is 14.8. The maximum absolute atomic E-state index is 12.2. The molecule has 3 aromatic heterocycles. The van der Waals surface area contributed by atoms with Crippen molar-refractivity contribution in [1.29, 1.82) is 5.26 Å². The molecule has 3 heterocycles. The van der Waals surface area contributed by atoms with Crippen LogP contribution < -0.4 is 5.32 Å². The third-order valence-corrected chi connectivity index (χ3v) is 5.18. The molecular formula is C18H10N4O2S2. The van der Waals surface area contributed by atoms with Crippen LogP contribution in [0, 0.1) is 11.3 Å². The van der Waals surface area contributed by atoms with Gasteiger partial charge in [0.15, 0.2) is 15.9 Å². The standard InChI is InChI=1S/C18H10N4O2S2/c19-10-11(16(23)22-18-20-7-8-25-18)9-12-5-6-14(24-12)17-21-13-3-1-2-4-15(13)26-17/h1-9H,(H,20,22,23)/b11-9+. The number of furan rings is 1. The van der Waals surface area contributed by atoms with Crippen LogP contribution >= 0.6 is 22.7 Å². The minimum Gasteiger partial charge on any atom is -0.454 e. The fourth-order valence-electron chi connectivity index (χ4n) is 2.26. The summed E-state index contributed by atoms with van der Waals surface area (Å²) in [6.45, 7) is 0. The van der Waals surface area contributed by atoms with Gasteiger partial charge < -0.3 is 4.42 Å². The molecule has 0 aliphatic carbocycles. The summed E-state index contributed by atoms with van der Waals surface area (Å²) >= 11 is 2.80. The van der Waals surface area contributed by atoms with Crippen molar-refractivity contribution in [2.75, 3.05) is 5.32 Å². The van der Waals surface area contributed by atoms with Crippen molar-refractivity contribution < 1.29 is 9.21 Å². The van der Waals surface area contributed by atoms with Crippen molar-refractivity contribution in [2.45, 2.75) is 0 Å². The summed E-state index contributed by atoms with van der Waals surface area (Å²) < 4.78 is 6.81. The number of fused-ring (bicyclic) bond motifs is 1. The Labute approximate surface area is 156 Å². The number of hydrogen-bond acceptors (Lipinski definition) is 7. The van der Waals surface area contributed by atoms with Crippen LogP contribution in [0.2, 0.25) is 0 Å². The molecule has 4 rings (SSSR count). The van der Waals surface area contributed by atoms with E-state index in [0.717, 1.165) is 15.2 Å². The first-order chi connectivity index (χ1) is 12.7. The van der Waals surface area contributed by atoms with Gasteiger partial charge in [-0.2, -0.15) is 5.26 Å². The lowest BCUT2D eigenvalue weighted by Crippen LogP contribution is -2.13. The number of carbonyl (C=O) groups is 1. The summed E-state index contributed by atoms with van der Waals surface area (Å²) in [6.07, 6.45) is 2.98. The molecule has 126 valence electrons. The molecule has 1 N–H and O–H groups in total. The second kappa shape index (κ2) is 6.92. The van der Waals surface area contributed by atoms with E-state index in [1.165, 1.54) is 28.7 Å². The van der Waals surface area contributed by atoms with Gasteiger partial charge >= 0.3 is 0 Å². The van der Waals surface area contributed by atoms with Crippen LogP contribution in [-0.2, 0) is 4.79 Å². The second-order valence-electron chi connectivity index (χ2n) is 5.15. The predicted molar refractivity (Wildman–Crippen MR) is 102 cm³/mol. The Bertz CT molecular complexity index is 1120. The Kier molecular flexibility index (Phi) is 4.31. The first kappa shape index (κ1) is 16.2. The van der Waals surface area contributed by atoms with Crippen LogP contribution in [0.15, 0.2) is 58.0 Å². The first-order valence-electron chi connectivity index (χ1n) is 7.51. The Morgan fingerprint density at radius 3 is 2.92 bits per heavy atom. The van der Waals surface area contributed by atoms with E-state index in [0.29, 0.717) is 16.7 Å². The maximum Gasteiger partial charge on any atom is 0.268 e. The third kappa shape index (κ3) is 3.26. The number of anilines is 1. The molecule has 0 aliphatic rings. The highest BCUT2D eigenvalue weighted by molar-refractivity contribution is 7.21. The Morgan fingerprint density at radius 1 is 1.27 bits per heavy atom. The van der Waals surface area contributed by atoms with Crippen LogP contribution in [-0.4, -0.2) is 15.9 Å². The van der Waals surface area contributed by atoms with E-state index in [1.54, 1.807) is 23.7 Å². The molecule has 4 aromatic rings. The number of carbonyl (C=O) groups excluding carboxylic acids is 1. The average Bonchev–Trinajstić information content (AvgIpc) is 3.39. The molecule has 26 heavy (non-hydrogen) atoms. The molecule has 0 atom stereocenters. The van der Waals surface area contributed by atoms with Gasteiger partial charge in [-0.1, -0.05) is 12.1 Å². The molecule has 0 saturated heterocycles. The molecule has 6 nitrogen and oxygen atoms in total. The lowest BCUT2D eigenvalue weighted by atomic mass is 10.2. The van der Waals surface area contributed by atoms with E-state index in [9.17, 15) is 10.1 Å². The van der Waals surface area contributed by atoms with Crippen molar-refractivity contribution in [1.82, 2.24) is 9.97 Å². The summed E-state index contributed by atoms with van der Waals surface area (Å²) in [5.41, 5.74) is 0.840. The van der Waals surface area contributed by atoms with Gasteiger partial charge in [0, 0.05) is 17.7 Å². The number of rotatable bonds is 4. The molecule has 0 spiro atoms. The third-order valence-electron chi connectivity index (χ3n) is 3.44. The molecule has 0 aliphatic heterocycles. The van der Waals surface area contributed by atoms with Crippen molar-refractivity contribution >= 4 is 50.0 Å². The summed E-state index contributed by atoms with van der Waals surface area (Å²) in [5, 5.41) is 14.8. The molecule has 1 aromatic carbocycles. The largest absolute Gasteiger partial charge is 0.454 e. The van der Waals surface area contributed by atoms with Gasteiger partial charge in [-0.25, -0.2) is 9.97 Å². The summed E-state index contributed by atoms with van der Waals surface area (Å²) in [4.78, 5) is 20.7. The zero-order valence-electron chi connectivity index (χ0n) is 13.2. The molecule has 0 unspecified atom stereocenters. The van der Waals surface area contributed by atoms with Gasteiger partial charge in [0.05, 0.1) is 10.2 Å². The Hall–Kier alpha value is -3.28. The smallest absolute Gasteiger partial charge is 0.268 e. The van der Waals surface area contributed by atoms with Gasteiger partial charge in [0.25, 0.3) is 5.91 Å². The minimum atomic E-state index is -0.527. The van der Waals surface area contributed by atoms with E-state index >= 15 is 0 Å². The van der Waals surface area contributed by atoms with E-state index in [4.69, 9.17) is 4.42 Å². The first-order valence-corrected chi connectivity index (χ1v) is 9.21. The van der Waals surface area contributed by atoms with Crippen LogP contribution in [0.4, 0.5) is 5.13 Å². The quantitative estimate of drug-likeness (QED) is 0.415. The van der Waals surface area contributed by atoms with Crippen LogP contribution in [0.5, 0.6) is 0 Å². The normalized spacial score (nSPS) is 11.4. The van der Waals surface area contributed by atoms with Crippen LogP contribution in [0.25, 0.3) is 27.1 Å². The molecular weight excluding hydrogens is 368 g/mol. The minimum absolute atomic E-state index is 0.0644. The lowest BCUT2D eigenvalue weighted by molar-refractivity contribution is -0.112. The lowest BCUT2D eigenvalue weighted by Gasteiger charge is -1.98. The highest BCUT2D eigenvalue weighted by atomic mass is 32.1. The molecule has 0 radical (unpaired) electrons. The van der Waals surface area contributed by atoms with E-state index in [-0.39, 0.29) is 5.57 Å². The molecule has 1 amide bonds. The maximum atomic E-state index is 12.2.